The number of pyridine rings is 1. The van der Waals surface area contributed by atoms with E-state index in [-0.39, 0.29) is 11.3 Å². The number of nitrogens with one attached hydrogen (secondary N) is 1. The average Bonchev–Trinajstić information content (AvgIpc) is 3.03. The predicted octanol–water partition coefficient (Wildman–Crippen LogP) is 1.06. The fourth-order valence-corrected chi connectivity index (χ4v) is 3.75. The van der Waals surface area contributed by atoms with Gasteiger partial charge in [0.15, 0.2) is 11.5 Å². The maximum Gasteiger partial charge on any atom is 0.295 e. The van der Waals surface area contributed by atoms with E-state index < -0.39 is 17.7 Å². The van der Waals surface area contributed by atoms with E-state index in [1.807, 2.05) is 14.1 Å². The molecule has 1 aromatic carbocycles. The smallest absolute Gasteiger partial charge is 0.295 e. The summed E-state index contributed by atoms with van der Waals surface area (Å²) in [7, 11) is 7.12. The number of likely N-dealkylation sites (tertiary alicyclic amines) is 1. The Labute approximate surface area is 181 Å². The maximum atomic E-state index is 13.0. The van der Waals surface area contributed by atoms with Gasteiger partial charge in [-0.2, -0.15) is 0 Å². The van der Waals surface area contributed by atoms with Gasteiger partial charge in [0.25, 0.3) is 11.7 Å². The van der Waals surface area contributed by atoms with Crippen molar-refractivity contribution >= 4 is 17.4 Å². The molecular formula is C23H28N3O5+. The van der Waals surface area contributed by atoms with Crippen LogP contribution in [0.15, 0.2) is 48.3 Å². The lowest BCUT2D eigenvalue weighted by Crippen LogP contribution is -3.05. The zero-order valence-electron chi connectivity index (χ0n) is 18.2. The van der Waals surface area contributed by atoms with Crippen molar-refractivity contribution in [2.45, 2.75) is 12.5 Å². The van der Waals surface area contributed by atoms with Gasteiger partial charge in [0.05, 0.1) is 46.5 Å². The number of Topliss-reactive ketones (excluding diaryl/α,β-unsaturated/α-hetero) is 1. The van der Waals surface area contributed by atoms with Crippen LogP contribution in [0.5, 0.6) is 11.5 Å². The zero-order valence-corrected chi connectivity index (χ0v) is 18.2. The molecule has 1 aromatic heterocycles. The number of ketones is 1. The van der Waals surface area contributed by atoms with Gasteiger partial charge in [-0.3, -0.25) is 14.6 Å². The summed E-state index contributed by atoms with van der Waals surface area (Å²) in [5.41, 5.74) is 1.14. The Balaban J connectivity index is 2.13. The molecule has 3 rings (SSSR count). The largest absolute Gasteiger partial charge is 0.507 e. The number of aromatic nitrogens is 1. The van der Waals surface area contributed by atoms with Gasteiger partial charge in [0.2, 0.25) is 0 Å². The van der Waals surface area contributed by atoms with Crippen molar-refractivity contribution < 1.29 is 29.1 Å². The third-order valence-corrected chi connectivity index (χ3v) is 5.29. The number of nitrogens with zero attached hydrogens (tertiary/aromatic N) is 2. The molecule has 0 aliphatic carbocycles. The molecular weight excluding hydrogens is 398 g/mol. The van der Waals surface area contributed by atoms with E-state index in [0.717, 1.165) is 6.54 Å². The standard InChI is InChI=1S/C23H27N3O5/c1-25(2)12-5-13-26-20(16-6-7-17(30-3)18(14-16)31-4)19(22(28)23(26)29)21(27)15-8-10-24-11-9-15/h6-11,14,20,27H,5,12-13H2,1-4H3/p+1/t20-/m1/s1. The van der Waals surface area contributed by atoms with Crippen LogP contribution in [0, 0.1) is 0 Å². The summed E-state index contributed by atoms with van der Waals surface area (Å²) in [5, 5.41) is 11.0. The molecule has 8 nitrogen and oxygen atoms in total. The third-order valence-electron chi connectivity index (χ3n) is 5.29. The van der Waals surface area contributed by atoms with E-state index in [1.165, 1.54) is 36.4 Å². The molecule has 1 aliphatic rings. The first-order valence-corrected chi connectivity index (χ1v) is 10.1. The van der Waals surface area contributed by atoms with Crippen molar-refractivity contribution in [2.24, 2.45) is 0 Å². The highest BCUT2D eigenvalue weighted by molar-refractivity contribution is 6.46. The van der Waals surface area contributed by atoms with E-state index in [2.05, 4.69) is 4.98 Å². The Hall–Kier alpha value is -3.39. The molecule has 2 heterocycles. The van der Waals surface area contributed by atoms with Crippen LogP contribution in [0.25, 0.3) is 5.76 Å². The van der Waals surface area contributed by atoms with E-state index in [1.54, 1.807) is 30.3 Å². The summed E-state index contributed by atoms with van der Waals surface area (Å²) >= 11 is 0. The first-order chi connectivity index (χ1) is 14.9. The van der Waals surface area contributed by atoms with Crippen molar-refractivity contribution in [1.29, 1.82) is 0 Å². The summed E-state index contributed by atoms with van der Waals surface area (Å²) in [5.74, 6) is -0.530. The Bertz CT molecular complexity index is 988. The lowest BCUT2D eigenvalue weighted by Gasteiger charge is -2.26. The van der Waals surface area contributed by atoms with Crippen LogP contribution in [0.3, 0.4) is 0 Å². The number of methoxy groups -OCH3 is 2. The van der Waals surface area contributed by atoms with Gasteiger partial charge in [0, 0.05) is 30.9 Å². The van der Waals surface area contributed by atoms with Crippen molar-refractivity contribution in [2.75, 3.05) is 41.4 Å². The van der Waals surface area contributed by atoms with Crippen LogP contribution in [0.4, 0.5) is 0 Å². The van der Waals surface area contributed by atoms with E-state index in [4.69, 9.17) is 9.47 Å². The predicted molar refractivity (Wildman–Crippen MR) is 115 cm³/mol. The molecule has 2 N–H and O–H groups in total. The number of carbonyl (C=O) groups excluding carboxylic acids is 2. The van der Waals surface area contributed by atoms with Crippen LogP contribution >= 0.6 is 0 Å². The number of hydrogen-bond acceptors (Lipinski definition) is 6. The minimum atomic E-state index is -0.731. The van der Waals surface area contributed by atoms with Gasteiger partial charge in [-0.1, -0.05) is 6.07 Å². The monoisotopic (exact) mass is 426 g/mol. The molecule has 0 bridgehead atoms. The third kappa shape index (κ3) is 4.54. The zero-order chi connectivity index (χ0) is 22.5. The van der Waals surface area contributed by atoms with Crippen LogP contribution in [0.2, 0.25) is 0 Å². The first-order valence-electron chi connectivity index (χ1n) is 10.1. The number of benzene rings is 1. The fraction of sp³-hybridized carbons (Fsp3) is 0.348. The van der Waals surface area contributed by atoms with Crippen LogP contribution in [-0.4, -0.2) is 68.1 Å². The average molecular weight is 426 g/mol. The van der Waals surface area contributed by atoms with Gasteiger partial charge in [-0.25, -0.2) is 0 Å². The highest BCUT2D eigenvalue weighted by Crippen LogP contribution is 2.41. The van der Waals surface area contributed by atoms with Crippen LogP contribution in [0.1, 0.15) is 23.6 Å². The minimum absolute atomic E-state index is 0.0561. The van der Waals surface area contributed by atoms with Crippen molar-refractivity contribution in [3.05, 3.63) is 59.4 Å². The Morgan fingerprint density at radius 2 is 1.77 bits per heavy atom. The van der Waals surface area contributed by atoms with Gasteiger partial charge in [-0.15, -0.1) is 0 Å². The van der Waals surface area contributed by atoms with Gasteiger partial charge in [-0.05, 0) is 29.8 Å². The number of amides is 1. The molecule has 1 saturated heterocycles. The summed E-state index contributed by atoms with van der Waals surface area (Å²) in [6, 6.07) is 7.71. The quantitative estimate of drug-likeness (QED) is 0.372. The van der Waals surface area contributed by atoms with Gasteiger partial charge < -0.3 is 24.4 Å². The molecule has 8 heteroatoms. The lowest BCUT2D eigenvalue weighted by molar-refractivity contribution is -0.858. The number of carbonyl (C=O) groups is 2. The Kier molecular flexibility index (Phi) is 6.91. The van der Waals surface area contributed by atoms with E-state index >= 15 is 0 Å². The molecule has 1 atom stereocenters. The second-order valence-electron chi connectivity index (χ2n) is 7.65. The number of rotatable bonds is 8. The first kappa shape index (κ1) is 22.3. The SMILES string of the molecule is COc1ccc([C@@H]2C(=C(O)c3ccncc3)C(=O)C(=O)N2CCC[NH+](C)C)cc1OC. The van der Waals surface area contributed by atoms with Gasteiger partial charge in [0.1, 0.15) is 5.76 Å². The normalized spacial score (nSPS) is 18.0. The molecule has 1 amide bonds. The molecule has 1 aliphatic heterocycles. The molecule has 0 unspecified atom stereocenters. The molecule has 164 valence electrons. The second-order valence-corrected chi connectivity index (χ2v) is 7.65. The summed E-state index contributed by atoms with van der Waals surface area (Å²) < 4.78 is 10.7. The van der Waals surface area contributed by atoms with Crippen molar-refractivity contribution in [3.63, 3.8) is 0 Å². The van der Waals surface area contributed by atoms with Crippen molar-refractivity contribution in [3.8, 4) is 11.5 Å². The Morgan fingerprint density at radius 3 is 2.39 bits per heavy atom. The molecule has 0 spiro atoms. The minimum Gasteiger partial charge on any atom is -0.507 e. The van der Waals surface area contributed by atoms with Crippen molar-refractivity contribution in [1.82, 2.24) is 9.88 Å². The van der Waals surface area contributed by atoms with Crippen LogP contribution < -0.4 is 14.4 Å². The highest BCUT2D eigenvalue weighted by Gasteiger charge is 2.46. The summed E-state index contributed by atoms with van der Waals surface area (Å²) in [6.45, 7) is 1.23. The number of quaternary nitrogens is 1. The summed E-state index contributed by atoms with van der Waals surface area (Å²) in [6.07, 6.45) is 3.77. The number of hydrogen-bond donors (Lipinski definition) is 2. The molecule has 0 radical (unpaired) electrons. The topological polar surface area (TPSA) is 93.4 Å². The summed E-state index contributed by atoms with van der Waals surface area (Å²) in [4.78, 5) is 32.7. The van der Waals surface area contributed by atoms with E-state index in [9.17, 15) is 14.7 Å². The maximum absolute atomic E-state index is 13.0. The fourth-order valence-electron chi connectivity index (χ4n) is 3.75. The molecule has 0 saturated carbocycles. The molecule has 31 heavy (non-hydrogen) atoms. The molecule has 2 aromatic rings. The number of ether oxygens (including phenoxy) is 2. The lowest BCUT2D eigenvalue weighted by atomic mass is 9.95. The Morgan fingerprint density at radius 1 is 1.10 bits per heavy atom. The van der Waals surface area contributed by atoms with Gasteiger partial charge >= 0.3 is 0 Å². The highest BCUT2D eigenvalue weighted by atomic mass is 16.5. The number of aliphatic hydroxyl groups excluding tert-OH is 1. The second kappa shape index (κ2) is 9.61. The van der Waals surface area contributed by atoms with E-state index in [0.29, 0.717) is 35.6 Å². The van der Waals surface area contributed by atoms with Crippen LogP contribution in [-0.2, 0) is 9.59 Å². The number of aliphatic hydroxyl groups is 1. The molecule has 1 fully saturated rings.